The molecular weight excluding hydrogens is 234 g/mol. The minimum atomic E-state index is -0.270. The number of rotatable bonds is 2. The summed E-state index contributed by atoms with van der Waals surface area (Å²) in [5.74, 6) is -0.963. The number of hydrogen-bond acceptors (Lipinski definition) is 3. The fraction of sp³-hybridized carbons (Fsp3) is 0.182. The van der Waals surface area contributed by atoms with E-state index in [1.54, 1.807) is 19.1 Å². The van der Waals surface area contributed by atoms with Crippen LogP contribution in [0.25, 0.3) is 0 Å². The first-order valence-electron chi connectivity index (χ1n) is 5.09. The lowest BCUT2D eigenvalue weighted by Gasteiger charge is -2.06. The number of nitrogens with two attached hydrogens (primary N) is 3. The van der Waals surface area contributed by atoms with Crippen LogP contribution in [0.5, 0.6) is 5.75 Å². The number of aryl methyl sites for hydroxylation is 1. The van der Waals surface area contributed by atoms with E-state index in [1.807, 2.05) is 0 Å². The van der Waals surface area contributed by atoms with Crippen LogP contribution in [0.2, 0.25) is 0 Å². The molecule has 7 nitrogen and oxygen atoms in total. The zero-order valence-electron chi connectivity index (χ0n) is 10.1. The summed E-state index contributed by atoms with van der Waals surface area (Å²) in [6.07, 6.45) is 0. The number of nitrogens with zero attached hydrogens (tertiary/aromatic N) is 2. The molecule has 0 aliphatic carbocycles. The van der Waals surface area contributed by atoms with E-state index >= 15 is 0 Å². The lowest BCUT2D eigenvalue weighted by atomic mass is 10.1. The third kappa shape index (κ3) is 3.21. The van der Waals surface area contributed by atoms with Crippen molar-refractivity contribution in [3.8, 4) is 5.75 Å². The van der Waals surface area contributed by atoms with Gasteiger partial charge in [-0.2, -0.15) is 4.99 Å². The number of benzene rings is 1. The largest absolute Gasteiger partial charge is 0.505 e. The monoisotopic (exact) mass is 249 g/mol. The van der Waals surface area contributed by atoms with Crippen molar-refractivity contribution in [2.24, 2.45) is 27.2 Å². The molecule has 1 rings (SSSR count). The zero-order chi connectivity index (χ0) is 13.9. The molecule has 96 valence electrons. The highest BCUT2D eigenvalue weighted by molar-refractivity contribution is 5.99. The van der Waals surface area contributed by atoms with Crippen molar-refractivity contribution in [2.75, 3.05) is 0 Å². The molecule has 0 unspecified atom stereocenters. The van der Waals surface area contributed by atoms with Gasteiger partial charge in [-0.15, -0.1) is 0 Å². The van der Waals surface area contributed by atoms with Gasteiger partial charge in [0.05, 0.1) is 5.56 Å². The Balaban J connectivity index is 3.34. The molecule has 1 aromatic rings. The van der Waals surface area contributed by atoms with Crippen LogP contribution in [0.3, 0.4) is 0 Å². The lowest BCUT2D eigenvalue weighted by Crippen LogP contribution is -2.26. The van der Waals surface area contributed by atoms with Crippen LogP contribution >= 0.6 is 0 Å². The molecule has 0 spiro atoms. The maximum absolute atomic E-state index is 11.3. The topological polar surface area (TPSA) is 140 Å². The van der Waals surface area contributed by atoms with E-state index in [2.05, 4.69) is 9.98 Å². The van der Waals surface area contributed by atoms with Gasteiger partial charge in [0.1, 0.15) is 5.69 Å². The summed E-state index contributed by atoms with van der Waals surface area (Å²) in [6.45, 7) is 3.11. The van der Waals surface area contributed by atoms with Gasteiger partial charge in [-0.3, -0.25) is 4.79 Å². The SMILES string of the molecule is CC(=O)c1cc(C)cc(N=C(N)N=C(N)N)c1O. The Morgan fingerprint density at radius 2 is 1.89 bits per heavy atom. The van der Waals surface area contributed by atoms with Gasteiger partial charge in [-0.25, -0.2) is 4.99 Å². The maximum atomic E-state index is 11.3. The number of Topliss-reactive ketones (excluding diaryl/α,β-unsaturated/α-hetero) is 1. The molecule has 0 heterocycles. The lowest BCUT2D eigenvalue weighted by molar-refractivity contribution is 0.101. The number of aliphatic imine (C=N–C) groups is 2. The van der Waals surface area contributed by atoms with E-state index in [0.717, 1.165) is 5.56 Å². The molecule has 1 aromatic carbocycles. The van der Waals surface area contributed by atoms with Crippen LogP contribution in [0, 0.1) is 6.92 Å². The summed E-state index contributed by atoms with van der Waals surface area (Å²) in [4.78, 5) is 18.7. The number of ketones is 1. The molecule has 0 saturated carbocycles. The Morgan fingerprint density at radius 1 is 1.28 bits per heavy atom. The number of phenolic OH excluding ortho intramolecular Hbond substituents is 1. The van der Waals surface area contributed by atoms with Crippen molar-refractivity contribution in [1.82, 2.24) is 0 Å². The van der Waals surface area contributed by atoms with Crippen molar-refractivity contribution in [2.45, 2.75) is 13.8 Å². The molecule has 0 saturated heterocycles. The maximum Gasteiger partial charge on any atom is 0.223 e. The predicted octanol–water partition coefficient (Wildman–Crippen LogP) is 0.123. The summed E-state index contributed by atoms with van der Waals surface area (Å²) in [7, 11) is 0. The smallest absolute Gasteiger partial charge is 0.223 e. The average Bonchev–Trinajstić information content (AvgIpc) is 2.21. The Morgan fingerprint density at radius 3 is 2.39 bits per heavy atom. The van der Waals surface area contributed by atoms with Crippen LogP contribution in [0.4, 0.5) is 5.69 Å². The highest BCUT2D eigenvalue weighted by Gasteiger charge is 2.12. The molecule has 0 fully saturated rings. The van der Waals surface area contributed by atoms with Gasteiger partial charge in [0.25, 0.3) is 0 Å². The van der Waals surface area contributed by atoms with Crippen molar-refractivity contribution in [1.29, 1.82) is 0 Å². The highest BCUT2D eigenvalue weighted by Crippen LogP contribution is 2.32. The first-order valence-corrected chi connectivity index (χ1v) is 5.09. The minimum absolute atomic E-state index is 0.141. The summed E-state index contributed by atoms with van der Waals surface area (Å²) in [5, 5.41) is 9.87. The number of guanidine groups is 2. The number of carbonyl (C=O) groups is 1. The second-order valence-corrected chi connectivity index (χ2v) is 3.74. The molecule has 0 radical (unpaired) electrons. The summed E-state index contributed by atoms with van der Waals surface area (Å²) < 4.78 is 0. The van der Waals surface area contributed by atoms with Crippen molar-refractivity contribution < 1.29 is 9.90 Å². The van der Waals surface area contributed by atoms with E-state index in [1.165, 1.54) is 6.92 Å². The van der Waals surface area contributed by atoms with Crippen molar-refractivity contribution >= 4 is 23.4 Å². The van der Waals surface area contributed by atoms with Gasteiger partial charge < -0.3 is 22.3 Å². The molecule has 7 N–H and O–H groups in total. The van der Waals surface area contributed by atoms with Crippen LogP contribution < -0.4 is 17.2 Å². The van der Waals surface area contributed by atoms with Crippen LogP contribution in [-0.2, 0) is 0 Å². The van der Waals surface area contributed by atoms with Gasteiger partial charge in [0, 0.05) is 0 Å². The van der Waals surface area contributed by atoms with Crippen LogP contribution in [0.1, 0.15) is 22.8 Å². The van der Waals surface area contributed by atoms with Crippen molar-refractivity contribution in [3.63, 3.8) is 0 Å². The van der Waals surface area contributed by atoms with E-state index in [4.69, 9.17) is 17.2 Å². The van der Waals surface area contributed by atoms with E-state index in [0.29, 0.717) is 0 Å². The fourth-order valence-corrected chi connectivity index (χ4v) is 1.39. The Hall–Kier alpha value is -2.57. The van der Waals surface area contributed by atoms with Crippen molar-refractivity contribution in [3.05, 3.63) is 23.3 Å². The van der Waals surface area contributed by atoms with Gasteiger partial charge in [-0.05, 0) is 31.5 Å². The van der Waals surface area contributed by atoms with Gasteiger partial charge >= 0.3 is 0 Å². The predicted molar refractivity (Wildman–Crippen MR) is 69.9 cm³/mol. The number of carbonyl (C=O) groups excluding carboxylic acids is 1. The number of hydrogen-bond donors (Lipinski definition) is 4. The number of aromatic hydroxyl groups is 1. The normalized spacial score (nSPS) is 11.1. The molecular formula is C11H15N5O2. The van der Waals surface area contributed by atoms with E-state index in [-0.39, 0.29) is 34.7 Å². The number of phenols is 1. The Labute approximate surface area is 104 Å². The van der Waals surface area contributed by atoms with Crippen LogP contribution in [-0.4, -0.2) is 22.8 Å². The van der Waals surface area contributed by atoms with Gasteiger partial charge in [0.15, 0.2) is 17.5 Å². The molecule has 0 atom stereocenters. The molecule has 7 heteroatoms. The molecule has 0 amide bonds. The summed E-state index contributed by atoms with van der Waals surface area (Å²) >= 11 is 0. The quantitative estimate of drug-likeness (QED) is 0.335. The second-order valence-electron chi connectivity index (χ2n) is 3.74. The van der Waals surface area contributed by atoms with Crippen LogP contribution in [0.15, 0.2) is 22.1 Å². The second kappa shape index (κ2) is 5.17. The Bertz CT molecular complexity index is 545. The van der Waals surface area contributed by atoms with Gasteiger partial charge in [-0.1, -0.05) is 0 Å². The standard InChI is InChI=1S/C11H15N5O2/c1-5-3-7(6(2)17)9(18)8(4-5)15-11(14)16-10(12)13/h3-4,18H,1-2H3,(H6,12,13,14,15,16). The summed E-state index contributed by atoms with van der Waals surface area (Å²) in [6, 6.07) is 3.13. The average molecular weight is 249 g/mol. The van der Waals surface area contributed by atoms with E-state index < -0.39 is 0 Å². The third-order valence-electron chi connectivity index (χ3n) is 2.09. The molecule has 0 aliphatic rings. The van der Waals surface area contributed by atoms with Gasteiger partial charge in [0.2, 0.25) is 5.96 Å². The molecule has 18 heavy (non-hydrogen) atoms. The summed E-state index contributed by atoms with van der Waals surface area (Å²) in [5.41, 5.74) is 16.8. The Kier molecular flexibility index (Phi) is 3.88. The van der Waals surface area contributed by atoms with E-state index in [9.17, 15) is 9.90 Å². The first-order chi connectivity index (χ1) is 8.31. The third-order valence-corrected chi connectivity index (χ3v) is 2.09. The molecule has 0 aromatic heterocycles. The molecule has 0 bridgehead atoms. The zero-order valence-corrected chi connectivity index (χ0v) is 10.1. The highest BCUT2D eigenvalue weighted by atomic mass is 16.3. The minimum Gasteiger partial charge on any atom is -0.505 e. The fourth-order valence-electron chi connectivity index (χ4n) is 1.39. The molecule has 0 aliphatic heterocycles. The first kappa shape index (κ1) is 13.5.